The van der Waals surface area contributed by atoms with Crippen molar-refractivity contribution >= 4 is 11.9 Å². The van der Waals surface area contributed by atoms with E-state index < -0.39 is 11.5 Å². The van der Waals surface area contributed by atoms with Gasteiger partial charge in [0, 0.05) is 6.04 Å². The average Bonchev–Trinajstić information content (AvgIpc) is 2.57. The molecule has 90 valence electrons. The van der Waals surface area contributed by atoms with Crippen molar-refractivity contribution in [1.82, 2.24) is 5.32 Å². The van der Waals surface area contributed by atoms with Gasteiger partial charge in [-0.1, -0.05) is 6.42 Å². The molecule has 5 heteroatoms. The van der Waals surface area contributed by atoms with Gasteiger partial charge in [-0.15, -0.1) is 0 Å². The van der Waals surface area contributed by atoms with Crippen LogP contribution in [0.5, 0.6) is 0 Å². The molecule has 0 spiro atoms. The molecule has 0 aliphatic heterocycles. The Morgan fingerprint density at radius 3 is 2.31 bits per heavy atom. The number of carboxylic acid groups (broad SMARTS) is 1. The summed E-state index contributed by atoms with van der Waals surface area (Å²) in [5, 5.41) is 11.8. The van der Waals surface area contributed by atoms with Gasteiger partial charge < -0.3 is 16.2 Å². The Bertz CT molecular complexity index is 312. The van der Waals surface area contributed by atoms with Gasteiger partial charge >= 0.3 is 5.97 Å². The summed E-state index contributed by atoms with van der Waals surface area (Å²) in [6.07, 6.45) is 4.54. The highest BCUT2D eigenvalue weighted by molar-refractivity contribution is 5.89. The molecule has 0 saturated heterocycles. The van der Waals surface area contributed by atoms with Gasteiger partial charge in [-0.25, -0.2) is 4.79 Å². The van der Waals surface area contributed by atoms with E-state index in [1.165, 1.54) is 0 Å². The van der Waals surface area contributed by atoms with Gasteiger partial charge in [0.2, 0.25) is 5.91 Å². The molecule has 2 atom stereocenters. The predicted molar refractivity (Wildman–Crippen MR) is 57.7 cm³/mol. The number of aliphatic carboxylic acids is 1. The fraction of sp³-hybridized carbons (Fsp3) is 0.818. The molecule has 0 radical (unpaired) electrons. The SMILES string of the molecule is NC1CCCC1C(=O)NC1(C(=O)O)CCC1. The monoisotopic (exact) mass is 226 g/mol. The fourth-order valence-electron chi connectivity index (χ4n) is 2.57. The smallest absolute Gasteiger partial charge is 0.329 e. The van der Waals surface area contributed by atoms with Gasteiger partial charge in [0.05, 0.1) is 5.92 Å². The minimum Gasteiger partial charge on any atom is -0.480 e. The van der Waals surface area contributed by atoms with Crippen LogP contribution in [0.4, 0.5) is 0 Å². The predicted octanol–water partition coefficient (Wildman–Crippen LogP) is 0.237. The Balaban J connectivity index is 1.98. The molecule has 16 heavy (non-hydrogen) atoms. The summed E-state index contributed by atoms with van der Waals surface area (Å²) in [5.41, 5.74) is 4.83. The van der Waals surface area contributed by atoms with Crippen molar-refractivity contribution < 1.29 is 14.7 Å². The Morgan fingerprint density at radius 1 is 1.25 bits per heavy atom. The lowest BCUT2D eigenvalue weighted by Crippen LogP contribution is -2.60. The van der Waals surface area contributed by atoms with Gasteiger partial charge in [0.25, 0.3) is 0 Å². The van der Waals surface area contributed by atoms with Crippen LogP contribution in [-0.4, -0.2) is 28.6 Å². The average molecular weight is 226 g/mol. The van der Waals surface area contributed by atoms with Gasteiger partial charge in [-0.3, -0.25) is 4.79 Å². The number of amides is 1. The molecule has 2 aliphatic carbocycles. The number of carbonyl (C=O) groups excluding carboxylic acids is 1. The zero-order valence-electron chi connectivity index (χ0n) is 9.24. The van der Waals surface area contributed by atoms with E-state index in [9.17, 15) is 9.59 Å². The van der Waals surface area contributed by atoms with Crippen LogP contribution in [0.1, 0.15) is 38.5 Å². The first-order valence-corrected chi connectivity index (χ1v) is 5.86. The second-order valence-corrected chi connectivity index (χ2v) is 4.93. The second kappa shape index (κ2) is 4.05. The normalized spacial score (nSPS) is 31.8. The third kappa shape index (κ3) is 1.80. The summed E-state index contributed by atoms with van der Waals surface area (Å²) in [5.74, 6) is -1.29. The number of rotatable bonds is 3. The van der Waals surface area contributed by atoms with Crippen LogP contribution < -0.4 is 11.1 Å². The molecule has 0 aromatic rings. The molecular weight excluding hydrogens is 208 g/mol. The third-order valence-corrected chi connectivity index (χ3v) is 3.89. The maximum absolute atomic E-state index is 11.9. The molecule has 0 aromatic heterocycles. The summed E-state index contributed by atoms with van der Waals surface area (Å²) in [7, 11) is 0. The molecule has 1 amide bonds. The largest absolute Gasteiger partial charge is 0.480 e. The maximum Gasteiger partial charge on any atom is 0.329 e. The summed E-state index contributed by atoms with van der Waals surface area (Å²) in [6.45, 7) is 0. The first-order chi connectivity index (χ1) is 7.55. The molecule has 2 fully saturated rings. The summed E-state index contributed by atoms with van der Waals surface area (Å²) in [6, 6.07) is -0.106. The standard InChI is InChI=1S/C11H18N2O3/c12-8-4-1-3-7(8)9(14)13-11(10(15)16)5-2-6-11/h7-8H,1-6,12H2,(H,13,14)(H,15,16). The van der Waals surface area contributed by atoms with Crippen LogP contribution in [0.25, 0.3) is 0 Å². The van der Waals surface area contributed by atoms with Crippen LogP contribution in [-0.2, 0) is 9.59 Å². The van der Waals surface area contributed by atoms with E-state index in [0.29, 0.717) is 12.8 Å². The number of carbonyl (C=O) groups is 2. The summed E-state index contributed by atoms with van der Waals surface area (Å²) < 4.78 is 0. The number of hydrogen-bond donors (Lipinski definition) is 3. The number of nitrogens with one attached hydrogen (secondary N) is 1. The Morgan fingerprint density at radius 2 is 1.94 bits per heavy atom. The van der Waals surface area contributed by atoms with Gasteiger partial charge in [-0.2, -0.15) is 0 Å². The first kappa shape index (κ1) is 11.4. The van der Waals surface area contributed by atoms with Crippen LogP contribution >= 0.6 is 0 Å². The van der Waals surface area contributed by atoms with Crippen molar-refractivity contribution in [3.8, 4) is 0 Å². The molecule has 0 heterocycles. The molecule has 5 nitrogen and oxygen atoms in total. The van der Waals surface area contributed by atoms with Gasteiger partial charge in [-0.05, 0) is 32.1 Å². The fourth-order valence-corrected chi connectivity index (χ4v) is 2.57. The van der Waals surface area contributed by atoms with Crippen molar-refractivity contribution in [2.45, 2.75) is 50.1 Å². The van der Waals surface area contributed by atoms with Gasteiger partial charge in [0.15, 0.2) is 0 Å². The molecule has 2 unspecified atom stereocenters. The summed E-state index contributed by atoms with van der Waals surface area (Å²) >= 11 is 0. The van der Waals surface area contributed by atoms with Crippen LogP contribution in [0.2, 0.25) is 0 Å². The molecule has 4 N–H and O–H groups in total. The van der Waals surface area contributed by atoms with Crippen LogP contribution in [0.15, 0.2) is 0 Å². The van der Waals surface area contributed by atoms with E-state index >= 15 is 0 Å². The van der Waals surface area contributed by atoms with E-state index in [0.717, 1.165) is 25.7 Å². The van der Waals surface area contributed by atoms with E-state index in [1.54, 1.807) is 0 Å². The zero-order valence-corrected chi connectivity index (χ0v) is 9.24. The maximum atomic E-state index is 11.9. The number of hydrogen-bond acceptors (Lipinski definition) is 3. The highest BCUT2D eigenvalue weighted by Crippen LogP contribution is 2.33. The Hall–Kier alpha value is -1.10. The molecule has 2 saturated carbocycles. The molecule has 2 rings (SSSR count). The van der Waals surface area contributed by atoms with Crippen LogP contribution in [0.3, 0.4) is 0 Å². The second-order valence-electron chi connectivity index (χ2n) is 4.93. The summed E-state index contributed by atoms with van der Waals surface area (Å²) in [4.78, 5) is 23.0. The Kier molecular flexibility index (Phi) is 2.88. The number of nitrogens with two attached hydrogens (primary N) is 1. The lowest BCUT2D eigenvalue weighted by Gasteiger charge is -2.39. The Labute approximate surface area is 94.4 Å². The molecule has 0 bridgehead atoms. The van der Waals surface area contributed by atoms with Crippen molar-refractivity contribution in [2.75, 3.05) is 0 Å². The lowest BCUT2D eigenvalue weighted by molar-refractivity contribution is -0.152. The number of carboxylic acids is 1. The van der Waals surface area contributed by atoms with Gasteiger partial charge in [0.1, 0.15) is 5.54 Å². The van der Waals surface area contributed by atoms with Crippen molar-refractivity contribution in [2.24, 2.45) is 11.7 Å². The third-order valence-electron chi connectivity index (χ3n) is 3.89. The molecule has 2 aliphatic rings. The highest BCUT2D eigenvalue weighted by Gasteiger charge is 2.47. The van der Waals surface area contributed by atoms with Crippen molar-refractivity contribution in [1.29, 1.82) is 0 Å². The minimum absolute atomic E-state index is 0.106. The van der Waals surface area contributed by atoms with E-state index in [1.807, 2.05) is 0 Å². The highest BCUT2D eigenvalue weighted by atomic mass is 16.4. The molecular formula is C11H18N2O3. The molecule has 0 aromatic carbocycles. The van der Waals surface area contributed by atoms with Crippen molar-refractivity contribution in [3.63, 3.8) is 0 Å². The van der Waals surface area contributed by atoms with E-state index in [2.05, 4.69) is 5.32 Å². The minimum atomic E-state index is -1.00. The topological polar surface area (TPSA) is 92.4 Å². The van der Waals surface area contributed by atoms with Crippen LogP contribution in [0, 0.1) is 5.92 Å². The van der Waals surface area contributed by atoms with E-state index in [4.69, 9.17) is 10.8 Å². The quantitative estimate of drug-likeness (QED) is 0.642. The zero-order chi connectivity index (χ0) is 11.8. The first-order valence-electron chi connectivity index (χ1n) is 5.86. The van der Waals surface area contributed by atoms with Crippen molar-refractivity contribution in [3.05, 3.63) is 0 Å². The van der Waals surface area contributed by atoms with E-state index in [-0.39, 0.29) is 17.9 Å². The lowest BCUT2D eigenvalue weighted by atomic mass is 9.76.